The van der Waals surface area contributed by atoms with Crippen LogP contribution in [0.3, 0.4) is 0 Å². The number of hydrogen-bond acceptors (Lipinski definition) is 4. The van der Waals surface area contributed by atoms with Crippen LogP contribution in [0.2, 0.25) is 0 Å². The minimum Gasteiger partial charge on any atom is -0.492 e. The fourth-order valence-electron chi connectivity index (χ4n) is 1.78. The van der Waals surface area contributed by atoms with Crippen LogP contribution in [0.5, 0.6) is 5.75 Å². The van der Waals surface area contributed by atoms with Gasteiger partial charge in [-0.05, 0) is 12.1 Å². The lowest BCUT2D eigenvalue weighted by molar-refractivity contribution is 0.347. The Morgan fingerprint density at radius 3 is 2.94 bits per heavy atom. The van der Waals surface area contributed by atoms with E-state index in [1.54, 1.807) is 0 Å². The first-order valence-corrected chi connectivity index (χ1v) is 7.48. The highest BCUT2D eigenvalue weighted by atomic mass is 79.9. The number of ether oxygens (including phenoxy) is 1. The van der Waals surface area contributed by atoms with Crippen LogP contribution in [0.25, 0.3) is 0 Å². The second kappa shape index (κ2) is 4.88. The van der Waals surface area contributed by atoms with Crippen molar-refractivity contribution >= 4 is 26.0 Å². The maximum Gasteiger partial charge on any atom is 0.247 e. The number of nitriles is 1. The average Bonchev–Trinajstić information content (AvgIpc) is 2.75. The second-order valence-corrected chi connectivity index (χ2v) is 6.84. The molecule has 0 radical (unpaired) electrons. The van der Waals surface area contributed by atoms with Gasteiger partial charge in [-0.25, -0.2) is 8.42 Å². The highest BCUT2D eigenvalue weighted by Gasteiger charge is 2.29. The van der Waals surface area contributed by atoms with E-state index >= 15 is 0 Å². The van der Waals surface area contributed by atoms with Crippen LogP contribution in [0.4, 0.5) is 0 Å². The fraction of sp³-hybridized carbons (Fsp3) is 0.364. The van der Waals surface area contributed by atoms with Gasteiger partial charge in [0.25, 0.3) is 0 Å². The molecule has 0 saturated heterocycles. The third-order valence-electron chi connectivity index (χ3n) is 2.70. The zero-order valence-electron chi connectivity index (χ0n) is 9.68. The van der Waals surface area contributed by atoms with Gasteiger partial charge in [-0.1, -0.05) is 15.9 Å². The van der Waals surface area contributed by atoms with Crippen LogP contribution >= 0.6 is 15.9 Å². The van der Waals surface area contributed by atoms with E-state index in [1.807, 2.05) is 12.1 Å². The summed E-state index contributed by atoms with van der Waals surface area (Å²) >= 11 is 3.29. The van der Waals surface area contributed by atoms with E-state index in [0.29, 0.717) is 23.2 Å². The van der Waals surface area contributed by atoms with Gasteiger partial charge in [0.1, 0.15) is 17.2 Å². The number of rotatable bonds is 3. The van der Waals surface area contributed by atoms with Gasteiger partial charge in [-0.3, -0.25) is 0 Å². The summed E-state index contributed by atoms with van der Waals surface area (Å²) in [6.45, 7) is 0.292. The van der Waals surface area contributed by atoms with Gasteiger partial charge >= 0.3 is 0 Å². The van der Waals surface area contributed by atoms with Gasteiger partial charge < -0.3 is 4.74 Å². The Kier molecular flexibility index (Phi) is 3.61. The Bertz CT molecular complexity index is 622. The third-order valence-corrected chi connectivity index (χ3v) is 4.96. The van der Waals surface area contributed by atoms with Gasteiger partial charge in [0, 0.05) is 23.5 Å². The van der Waals surface area contributed by atoms with Crippen molar-refractivity contribution in [3.8, 4) is 11.8 Å². The Morgan fingerprint density at radius 2 is 2.28 bits per heavy atom. The van der Waals surface area contributed by atoms with Gasteiger partial charge in [-0.15, -0.1) is 0 Å². The Hall–Kier alpha value is -1.10. The highest BCUT2D eigenvalue weighted by Crippen LogP contribution is 2.36. The molecule has 0 unspecified atom stereocenters. The zero-order valence-corrected chi connectivity index (χ0v) is 12.1. The molecule has 2 rings (SSSR count). The molecule has 0 N–H and O–H groups in total. The van der Waals surface area contributed by atoms with Crippen molar-refractivity contribution in [2.45, 2.75) is 11.3 Å². The monoisotopic (exact) mass is 330 g/mol. The molecule has 18 heavy (non-hydrogen) atoms. The molecule has 0 aromatic heterocycles. The molecule has 0 bridgehead atoms. The van der Waals surface area contributed by atoms with Gasteiger partial charge in [-0.2, -0.15) is 9.57 Å². The van der Waals surface area contributed by atoms with E-state index in [2.05, 4.69) is 15.9 Å². The summed E-state index contributed by atoms with van der Waals surface area (Å²) in [5.41, 5.74) is 0.869. The molecule has 0 aliphatic carbocycles. The molecule has 96 valence electrons. The van der Waals surface area contributed by atoms with Gasteiger partial charge in [0.2, 0.25) is 10.0 Å². The number of sulfonamides is 1. The van der Waals surface area contributed by atoms with Crippen molar-refractivity contribution in [3.05, 3.63) is 22.2 Å². The fourth-order valence-corrected chi connectivity index (χ4v) is 3.70. The van der Waals surface area contributed by atoms with Crippen molar-refractivity contribution in [1.29, 1.82) is 5.26 Å². The molecule has 1 aliphatic heterocycles. The van der Waals surface area contributed by atoms with E-state index in [0.717, 1.165) is 9.87 Å². The SMILES string of the molecule is CN(CC#N)S(=O)(=O)c1cc(Br)cc2c1OCC2. The van der Waals surface area contributed by atoms with Crippen molar-refractivity contribution in [2.75, 3.05) is 20.2 Å². The first kappa shape index (κ1) is 13.3. The predicted molar refractivity (Wildman–Crippen MR) is 68.8 cm³/mol. The van der Waals surface area contributed by atoms with Crippen LogP contribution in [0, 0.1) is 11.3 Å². The van der Waals surface area contributed by atoms with Crippen molar-refractivity contribution in [1.82, 2.24) is 4.31 Å². The first-order valence-electron chi connectivity index (χ1n) is 5.25. The maximum atomic E-state index is 12.3. The zero-order chi connectivity index (χ0) is 13.3. The Balaban J connectivity index is 2.56. The smallest absolute Gasteiger partial charge is 0.247 e. The molecule has 1 aliphatic rings. The van der Waals surface area contributed by atoms with E-state index in [9.17, 15) is 8.42 Å². The molecule has 5 nitrogen and oxygen atoms in total. The van der Waals surface area contributed by atoms with E-state index in [4.69, 9.17) is 10.00 Å². The summed E-state index contributed by atoms with van der Waals surface area (Å²) in [6.07, 6.45) is 0.694. The number of benzene rings is 1. The topological polar surface area (TPSA) is 70.4 Å². The maximum absolute atomic E-state index is 12.3. The first-order chi connectivity index (χ1) is 8.46. The highest BCUT2D eigenvalue weighted by molar-refractivity contribution is 9.10. The molecular formula is C11H11BrN2O3S. The van der Waals surface area contributed by atoms with Crippen molar-refractivity contribution < 1.29 is 13.2 Å². The molecule has 0 fully saturated rings. The van der Waals surface area contributed by atoms with Crippen LogP contribution in [-0.4, -0.2) is 32.9 Å². The second-order valence-electron chi connectivity index (χ2n) is 3.91. The minimum absolute atomic E-state index is 0.113. The molecule has 0 saturated carbocycles. The van der Waals surface area contributed by atoms with E-state index in [1.165, 1.54) is 13.1 Å². The lowest BCUT2D eigenvalue weighted by atomic mass is 10.2. The molecule has 0 spiro atoms. The van der Waals surface area contributed by atoms with E-state index in [-0.39, 0.29) is 11.4 Å². The standard InChI is InChI=1S/C11H11BrN2O3S/c1-14(4-3-13)18(15,16)10-7-9(12)6-8-2-5-17-11(8)10/h6-7H,2,4-5H2,1H3. The molecule has 7 heteroatoms. The molecule has 0 amide bonds. The Morgan fingerprint density at radius 1 is 1.56 bits per heavy atom. The van der Waals surface area contributed by atoms with Crippen LogP contribution in [-0.2, 0) is 16.4 Å². The van der Waals surface area contributed by atoms with E-state index < -0.39 is 10.0 Å². The normalized spacial score (nSPS) is 14.1. The average molecular weight is 331 g/mol. The summed E-state index contributed by atoms with van der Waals surface area (Å²) in [6, 6.07) is 5.18. The lowest BCUT2D eigenvalue weighted by Crippen LogP contribution is -2.27. The van der Waals surface area contributed by atoms with Gasteiger partial charge in [0.15, 0.2) is 0 Å². The lowest BCUT2D eigenvalue weighted by Gasteiger charge is -2.16. The van der Waals surface area contributed by atoms with Gasteiger partial charge in [0.05, 0.1) is 12.7 Å². The number of nitrogens with zero attached hydrogens (tertiary/aromatic N) is 2. The predicted octanol–water partition coefficient (Wildman–Crippen LogP) is 1.53. The Labute approximate surface area is 114 Å². The largest absolute Gasteiger partial charge is 0.492 e. The minimum atomic E-state index is -3.69. The molecule has 1 aromatic carbocycles. The van der Waals surface area contributed by atoms with Crippen LogP contribution in [0.1, 0.15) is 5.56 Å². The summed E-state index contributed by atoms with van der Waals surface area (Å²) in [4.78, 5) is 0.113. The molecule has 0 atom stereocenters. The molecular weight excluding hydrogens is 320 g/mol. The molecule has 1 aromatic rings. The molecule has 1 heterocycles. The summed E-state index contributed by atoms with van der Waals surface area (Å²) in [5.74, 6) is 0.406. The number of hydrogen-bond donors (Lipinski definition) is 0. The number of fused-ring (bicyclic) bond motifs is 1. The van der Waals surface area contributed by atoms with Crippen LogP contribution < -0.4 is 4.74 Å². The summed E-state index contributed by atoms with van der Waals surface area (Å²) < 4.78 is 31.7. The van der Waals surface area contributed by atoms with Crippen LogP contribution in [0.15, 0.2) is 21.5 Å². The summed E-state index contributed by atoms with van der Waals surface area (Å²) in [5, 5.41) is 8.60. The van der Waals surface area contributed by atoms with Crippen molar-refractivity contribution in [3.63, 3.8) is 0 Å². The van der Waals surface area contributed by atoms with Crippen molar-refractivity contribution in [2.24, 2.45) is 0 Å². The quantitative estimate of drug-likeness (QED) is 0.788. The third kappa shape index (κ3) is 2.23. The summed E-state index contributed by atoms with van der Waals surface area (Å²) in [7, 11) is -2.32. The number of halogens is 1.